The lowest BCUT2D eigenvalue weighted by Crippen LogP contribution is -2.30. The van der Waals surface area contributed by atoms with Gasteiger partial charge >= 0.3 is 5.97 Å². The molecule has 110 valence electrons. The zero-order valence-corrected chi connectivity index (χ0v) is 12.8. The molecule has 0 aliphatic carbocycles. The topological polar surface area (TPSA) is 57.6 Å². The van der Waals surface area contributed by atoms with Gasteiger partial charge in [-0.1, -0.05) is 6.07 Å². The van der Waals surface area contributed by atoms with Crippen LogP contribution in [0, 0.1) is 6.92 Å². The molecule has 2 aromatic rings. The third kappa shape index (κ3) is 3.70. The van der Waals surface area contributed by atoms with Gasteiger partial charge in [0.05, 0.1) is 12.1 Å². The monoisotopic (exact) mass is 303 g/mol. The van der Waals surface area contributed by atoms with Crippen LogP contribution in [0.1, 0.15) is 38.1 Å². The van der Waals surface area contributed by atoms with Crippen molar-refractivity contribution in [2.24, 2.45) is 0 Å². The molecule has 0 bridgehead atoms. The fourth-order valence-corrected chi connectivity index (χ4v) is 2.85. The first-order valence-electron chi connectivity index (χ1n) is 6.68. The van der Waals surface area contributed by atoms with Crippen LogP contribution in [0.15, 0.2) is 35.7 Å². The van der Waals surface area contributed by atoms with E-state index in [1.807, 2.05) is 24.4 Å². The van der Waals surface area contributed by atoms with Gasteiger partial charge < -0.3 is 10.0 Å². The van der Waals surface area contributed by atoms with Crippen LogP contribution in [0.2, 0.25) is 0 Å². The highest BCUT2D eigenvalue weighted by Crippen LogP contribution is 2.16. The zero-order valence-electron chi connectivity index (χ0n) is 12.0. The van der Waals surface area contributed by atoms with Crippen molar-refractivity contribution in [3.05, 3.63) is 57.3 Å². The molecule has 1 aromatic carbocycles. The summed E-state index contributed by atoms with van der Waals surface area (Å²) in [4.78, 5) is 26.5. The van der Waals surface area contributed by atoms with Crippen LogP contribution in [-0.2, 0) is 6.54 Å². The Morgan fingerprint density at radius 2 is 1.95 bits per heavy atom. The third-order valence-corrected chi connectivity index (χ3v) is 4.03. The molecule has 0 aliphatic heterocycles. The Kier molecular flexibility index (Phi) is 4.75. The highest BCUT2D eigenvalue weighted by Gasteiger charge is 2.17. The van der Waals surface area contributed by atoms with Crippen LogP contribution in [-0.4, -0.2) is 28.4 Å². The van der Waals surface area contributed by atoms with Crippen molar-refractivity contribution in [1.82, 2.24) is 4.90 Å². The normalized spacial score (nSPS) is 10.4. The molecule has 0 saturated carbocycles. The number of aryl methyl sites for hydroxylation is 1. The smallest absolute Gasteiger partial charge is 0.335 e. The first-order chi connectivity index (χ1) is 10.0. The molecule has 1 aromatic heterocycles. The van der Waals surface area contributed by atoms with Crippen molar-refractivity contribution >= 4 is 23.2 Å². The summed E-state index contributed by atoms with van der Waals surface area (Å²) in [5, 5.41) is 11.1. The standard InChI is InChI=1S/C16H17NO3S/c1-3-17(10-14-5-4-6-21-14)15(18)12-7-11(2)8-13(9-12)16(19)20/h4-9H,3,10H2,1-2H3,(H,19,20). The van der Waals surface area contributed by atoms with Gasteiger partial charge in [-0.3, -0.25) is 4.79 Å². The largest absolute Gasteiger partial charge is 0.478 e. The molecule has 2 rings (SSSR count). The molecule has 0 fully saturated rings. The predicted octanol–water partition coefficient (Wildman–Crippen LogP) is 3.42. The van der Waals surface area contributed by atoms with Crippen molar-refractivity contribution in [2.45, 2.75) is 20.4 Å². The lowest BCUT2D eigenvalue weighted by atomic mass is 10.1. The van der Waals surface area contributed by atoms with Crippen molar-refractivity contribution < 1.29 is 14.7 Å². The highest BCUT2D eigenvalue weighted by atomic mass is 32.1. The average molecular weight is 303 g/mol. The van der Waals surface area contributed by atoms with E-state index in [-0.39, 0.29) is 11.5 Å². The molecule has 1 heterocycles. The summed E-state index contributed by atoms with van der Waals surface area (Å²) in [6, 6.07) is 8.67. The number of carboxylic acids is 1. The number of rotatable bonds is 5. The Labute approximate surface area is 127 Å². The molecule has 0 unspecified atom stereocenters. The van der Waals surface area contributed by atoms with Gasteiger partial charge in [0.15, 0.2) is 0 Å². The zero-order chi connectivity index (χ0) is 15.4. The number of carbonyl (C=O) groups is 2. The van der Waals surface area contributed by atoms with Crippen molar-refractivity contribution in [3.63, 3.8) is 0 Å². The summed E-state index contributed by atoms with van der Waals surface area (Å²) in [7, 11) is 0. The fraction of sp³-hybridized carbons (Fsp3) is 0.250. The number of nitrogens with zero attached hydrogens (tertiary/aromatic N) is 1. The van der Waals surface area contributed by atoms with Crippen molar-refractivity contribution in [3.8, 4) is 0 Å². The van der Waals surface area contributed by atoms with E-state index >= 15 is 0 Å². The lowest BCUT2D eigenvalue weighted by Gasteiger charge is -2.20. The summed E-state index contributed by atoms with van der Waals surface area (Å²) in [6.45, 7) is 4.83. The fourth-order valence-electron chi connectivity index (χ4n) is 2.13. The molecule has 1 N–H and O–H groups in total. The van der Waals surface area contributed by atoms with Crippen molar-refractivity contribution in [2.75, 3.05) is 6.54 Å². The molecule has 0 atom stereocenters. The number of amides is 1. The maximum atomic E-state index is 12.6. The van der Waals surface area contributed by atoms with Gasteiger partial charge in [-0.2, -0.15) is 0 Å². The Balaban J connectivity index is 2.26. The van der Waals surface area contributed by atoms with E-state index < -0.39 is 5.97 Å². The summed E-state index contributed by atoms with van der Waals surface area (Å²) in [5.41, 5.74) is 1.33. The first-order valence-corrected chi connectivity index (χ1v) is 7.56. The number of hydrogen-bond acceptors (Lipinski definition) is 3. The van der Waals surface area contributed by atoms with Gasteiger partial charge in [0.25, 0.3) is 5.91 Å². The minimum absolute atomic E-state index is 0.142. The molecule has 21 heavy (non-hydrogen) atoms. The molecule has 0 radical (unpaired) electrons. The third-order valence-electron chi connectivity index (χ3n) is 3.17. The van der Waals surface area contributed by atoms with Crippen LogP contribution < -0.4 is 0 Å². The van der Waals surface area contributed by atoms with Crippen molar-refractivity contribution in [1.29, 1.82) is 0 Å². The Morgan fingerprint density at radius 1 is 1.24 bits per heavy atom. The minimum atomic E-state index is -1.02. The summed E-state index contributed by atoms with van der Waals surface area (Å²) in [5.74, 6) is -1.16. The number of carboxylic acid groups (broad SMARTS) is 1. The van der Waals surface area contributed by atoms with Gasteiger partial charge in [-0.15, -0.1) is 11.3 Å². The quantitative estimate of drug-likeness (QED) is 0.920. The summed E-state index contributed by atoms with van der Waals surface area (Å²) >= 11 is 1.60. The molecular formula is C16H17NO3S. The SMILES string of the molecule is CCN(Cc1cccs1)C(=O)c1cc(C)cc(C(=O)O)c1. The van der Waals surface area contributed by atoms with Gasteiger partial charge in [-0.25, -0.2) is 4.79 Å². The van der Waals surface area contributed by atoms with E-state index in [4.69, 9.17) is 5.11 Å². The van der Waals surface area contributed by atoms with E-state index in [9.17, 15) is 9.59 Å². The second-order valence-electron chi connectivity index (χ2n) is 4.79. The van der Waals surface area contributed by atoms with Gasteiger partial charge in [0.2, 0.25) is 0 Å². The molecule has 0 spiro atoms. The minimum Gasteiger partial charge on any atom is -0.478 e. The highest BCUT2D eigenvalue weighted by molar-refractivity contribution is 7.09. The van der Waals surface area contributed by atoms with E-state index in [1.165, 1.54) is 6.07 Å². The van der Waals surface area contributed by atoms with Gasteiger partial charge in [0, 0.05) is 17.0 Å². The van der Waals surface area contributed by atoms with Crippen LogP contribution >= 0.6 is 11.3 Å². The molecule has 5 heteroatoms. The average Bonchev–Trinajstić information content (AvgIpc) is 2.96. The van der Waals surface area contributed by atoms with Gasteiger partial charge in [0.1, 0.15) is 0 Å². The summed E-state index contributed by atoms with van der Waals surface area (Å²) < 4.78 is 0. The van der Waals surface area contributed by atoms with Crippen LogP contribution in [0.4, 0.5) is 0 Å². The van der Waals surface area contributed by atoms with E-state index in [1.54, 1.807) is 35.3 Å². The maximum absolute atomic E-state index is 12.6. The van der Waals surface area contributed by atoms with E-state index in [0.29, 0.717) is 18.7 Å². The number of carbonyl (C=O) groups excluding carboxylic acids is 1. The van der Waals surface area contributed by atoms with Gasteiger partial charge in [-0.05, 0) is 49.1 Å². The molecule has 0 saturated heterocycles. The second kappa shape index (κ2) is 6.54. The Bertz CT molecular complexity index is 650. The summed E-state index contributed by atoms with van der Waals surface area (Å²) in [6.07, 6.45) is 0. The number of benzene rings is 1. The number of aromatic carboxylic acids is 1. The number of thiophene rings is 1. The predicted molar refractivity (Wildman–Crippen MR) is 82.9 cm³/mol. The first kappa shape index (κ1) is 15.3. The molecular weight excluding hydrogens is 286 g/mol. The number of hydrogen-bond donors (Lipinski definition) is 1. The molecule has 0 aliphatic rings. The molecule has 4 nitrogen and oxygen atoms in total. The van der Waals surface area contributed by atoms with Crippen LogP contribution in [0.25, 0.3) is 0 Å². The van der Waals surface area contributed by atoms with Crippen LogP contribution in [0.3, 0.4) is 0 Å². The lowest BCUT2D eigenvalue weighted by molar-refractivity contribution is 0.0696. The van der Waals surface area contributed by atoms with E-state index in [0.717, 1.165) is 10.4 Å². The molecule has 1 amide bonds. The maximum Gasteiger partial charge on any atom is 0.335 e. The second-order valence-corrected chi connectivity index (χ2v) is 5.82. The Morgan fingerprint density at radius 3 is 2.52 bits per heavy atom. The Hall–Kier alpha value is -2.14. The van der Waals surface area contributed by atoms with Crippen LogP contribution in [0.5, 0.6) is 0 Å². The van der Waals surface area contributed by atoms with E-state index in [2.05, 4.69) is 0 Å².